The molecule has 18 heavy (non-hydrogen) atoms. The van der Waals surface area contributed by atoms with Crippen molar-refractivity contribution in [2.75, 3.05) is 6.54 Å². The summed E-state index contributed by atoms with van der Waals surface area (Å²) in [5.74, 6) is -1.09. The first kappa shape index (κ1) is 12.4. The molecule has 0 atom stereocenters. The molecule has 1 fully saturated rings. The highest BCUT2D eigenvalue weighted by atomic mass is 16.4. The molecule has 0 unspecified atom stereocenters. The van der Waals surface area contributed by atoms with E-state index in [1.54, 1.807) is 12.1 Å². The fraction of sp³-hybridized carbons (Fsp3) is 0.385. The molecule has 1 amide bonds. The number of carboxylic acids is 1. The van der Waals surface area contributed by atoms with E-state index >= 15 is 0 Å². The van der Waals surface area contributed by atoms with E-state index in [1.165, 1.54) is 17.0 Å². The molecule has 0 heterocycles. The Kier molecular flexibility index (Phi) is 3.50. The Labute approximate surface area is 105 Å². The maximum Gasteiger partial charge on any atom is 0.323 e. The molecule has 1 aromatic rings. The quantitative estimate of drug-likeness (QED) is 0.816. The molecule has 5 heteroatoms. The zero-order valence-electron chi connectivity index (χ0n) is 9.87. The van der Waals surface area contributed by atoms with E-state index in [2.05, 4.69) is 0 Å². The van der Waals surface area contributed by atoms with Gasteiger partial charge >= 0.3 is 5.97 Å². The molecule has 1 aromatic carbocycles. The smallest absolute Gasteiger partial charge is 0.323 e. The Morgan fingerprint density at radius 1 is 1.33 bits per heavy atom. The molecule has 96 valence electrons. The summed E-state index contributed by atoms with van der Waals surface area (Å²) in [4.78, 5) is 24.2. The molecule has 2 N–H and O–H groups in total. The van der Waals surface area contributed by atoms with Crippen molar-refractivity contribution in [1.82, 2.24) is 4.90 Å². The highest BCUT2D eigenvalue weighted by Crippen LogP contribution is 2.27. The topological polar surface area (TPSA) is 77.8 Å². The average Bonchev–Trinajstić information content (AvgIpc) is 3.09. The minimum Gasteiger partial charge on any atom is -0.508 e. The van der Waals surface area contributed by atoms with Gasteiger partial charge in [-0.25, -0.2) is 0 Å². The molecular formula is C13H15NO4. The van der Waals surface area contributed by atoms with Crippen molar-refractivity contribution < 1.29 is 19.8 Å². The fourth-order valence-electron chi connectivity index (χ4n) is 1.90. The van der Waals surface area contributed by atoms with Crippen molar-refractivity contribution >= 4 is 11.9 Å². The minimum absolute atomic E-state index is 0.0749. The van der Waals surface area contributed by atoms with Gasteiger partial charge in [-0.05, 0) is 30.5 Å². The maximum atomic E-state index is 12.0. The molecule has 5 nitrogen and oxygen atoms in total. The highest BCUT2D eigenvalue weighted by Gasteiger charge is 2.33. The van der Waals surface area contributed by atoms with E-state index in [1.807, 2.05) is 0 Å². The first-order valence-corrected chi connectivity index (χ1v) is 5.85. The number of nitrogens with zero attached hydrogens (tertiary/aromatic N) is 1. The third-order valence-electron chi connectivity index (χ3n) is 2.88. The van der Waals surface area contributed by atoms with Crippen LogP contribution in [0.2, 0.25) is 0 Å². The van der Waals surface area contributed by atoms with Crippen LogP contribution in [0.3, 0.4) is 0 Å². The maximum absolute atomic E-state index is 12.0. The number of hydrogen-bond acceptors (Lipinski definition) is 3. The summed E-state index contributed by atoms with van der Waals surface area (Å²) in [6.07, 6.45) is 1.87. The zero-order valence-corrected chi connectivity index (χ0v) is 9.87. The van der Waals surface area contributed by atoms with Crippen LogP contribution in [-0.4, -0.2) is 39.6 Å². The minimum atomic E-state index is -0.994. The van der Waals surface area contributed by atoms with Crippen LogP contribution in [0, 0.1) is 0 Å². The Hall–Kier alpha value is -2.04. The van der Waals surface area contributed by atoms with Gasteiger partial charge in [-0.15, -0.1) is 0 Å². The van der Waals surface area contributed by atoms with Crippen LogP contribution in [-0.2, 0) is 16.0 Å². The molecule has 0 saturated heterocycles. The number of hydrogen-bond donors (Lipinski definition) is 2. The van der Waals surface area contributed by atoms with Crippen molar-refractivity contribution in [1.29, 1.82) is 0 Å². The monoisotopic (exact) mass is 249 g/mol. The number of benzene rings is 1. The van der Waals surface area contributed by atoms with Crippen molar-refractivity contribution in [3.63, 3.8) is 0 Å². The molecule has 0 aliphatic heterocycles. The molecule has 0 bridgehead atoms. The molecule has 1 saturated carbocycles. The van der Waals surface area contributed by atoms with Crippen LogP contribution in [0.25, 0.3) is 0 Å². The van der Waals surface area contributed by atoms with Gasteiger partial charge < -0.3 is 15.1 Å². The highest BCUT2D eigenvalue weighted by molar-refractivity contribution is 5.83. The largest absolute Gasteiger partial charge is 0.508 e. The van der Waals surface area contributed by atoms with Crippen molar-refractivity contribution in [3.8, 4) is 5.75 Å². The summed E-state index contributed by atoms with van der Waals surface area (Å²) in [6.45, 7) is -0.248. The van der Waals surface area contributed by atoms with E-state index in [0.29, 0.717) is 5.56 Å². The molecule has 0 aromatic heterocycles. The second-order valence-electron chi connectivity index (χ2n) is 4.49. The van der Waals surface area contributed by atoms with Gasteiger partial charge in [0, 0.05) is 6.04 Å². The van der Waals surface area contributed by atoms with E-state index in [0.717, 1.165) is 12.8 Å². The number of carbonyl (C=O) groups excluding carboxylic acids is 1. The SMILES string of the molecule is O=C(O)CN(C(=O)Cc1cccc(O)c1)C1CC1. The lowest BCUT2D eigenvalue weighted by atomic mass is 10.1. The van der Waals surface area contributed by atoms with Crippen LogP contribution < -0.4 is 0 Å². The van der Waals surface area contributed by atoms with Crippen molar-refractivity contribution in [3.05, 3.63) is 29.8 Å². The van der Waals surface area contributed by atoms with Crippen molar-refractivity contribution in [2.24, 2.45) is 0 Å². The summed E-state index contributed by atoms with van der Waals surface area (Å²) in [6, 6.07) is 6.53. The lowest BCUT2D eigenvalue weighted by Gasteiger charge is -2.20. The summed E-state index contributed by atoms with van der Waals surface area (Å²) in [5.41, 5.74) is 0.691. The van der Waals surface area contributed by atoms with Gasteiger partial charge in [-0.1, -0.05) is 12.1 Å². The van der Waals surface area contributed by atoms with E-state index in [9.17, 15) is 14.7 Å². The van der Waals surface area contributed by atoms with E-state index in [4.69, 9.17) is 5.11 Å². The number of amides is 1. The first-order valence-electron chi connectivity index (χ1n) is 5.85. The number of carboxylic acid groups (broad SMARTS) is 1. The molecule has 2 rings (SSSR count). The molecule has 1 aliphatic carbocycles. The predicted molar refractivity (Wildman–Crippen MR) is 64.2 cm³/mol. The number of phenols is 1. The van der Waals surface area contributed by atoms with E-state index < -0.39 is 5.97 Å². The predicted octanol–water partition coefficient (Wildman–Crippen LogP) is 1.01. The van der Waals surface area contributed by atoms with Gasteiger partial charge in [0.25, 0.3) is 0 Å². The first-order chi connectivity index (χ1) is 8.56. The Bertz CT molecular complexity index is 468. The fourth-order valence-corrected chi connectivity index (χ4v) is 1.90. The third kappa shape index (κ3) is 3.23. The zero-order chi connectivity index (χ0) is 13.1. The summed E-state index contributed by atoms with van der Waals surface area (Å²) in [5, 5.41) is 18.1. The van der Waals surface area contributed by atoms with Gasteiger partial charge in [0.05, 0.1) is 6.42 Å². The van der Waals surface area contributed by atoms with Crippen LogP contribution in [0.1, 0.15) is 18.4 Å². The Morgan fingerprint density at radius 2 is 2.06 bits per heavy atom. The summed E-state index contributed by atoms with van der Waals surface area (Å²) in [7, 11) is 0. The van der Waals surface area contributed by atoms with Crippen LogP contribution in [0.5, 0.6) is 5.75 Å². The van der Waals surface area contributed by atoms with Gasteiger partial charge in [-0.3, -0.25) is 9.59 Å². The molecule has 0 spiro atoms. The van der Waals surface area contributed by atoms with Crippen LogP contribution in [0.15, 0.2) is 24.3 Å². The standard InChI is InChI=1S/C13H15NO4/c15-11-3-1-2-9(6-11)7-12(16)14(8-13(17)18)10-4-5-10/h1-3,6,10,15H,4-5,7-8H2,(H,17,18). The normalized spacial score (nSPS) is 14.2. The van der Waals surface area contributed by atoms with Crippen LogP contribution in [0.4, 0.5) is 0 Å². The Morgan fingerprint density at radius 3 is 2.61 bits per heavy atom. The Balaban J connectivity index is 2.02. The lowest BCUT2D eigenvalue weighted by molar-refractivity contribution is -0.144. The second kappa shape index (κ2) is 5.08. The lowest BCUT2D eigenvalue weighted by Crippen LogP contribution is -2.38. The average molecular weight is 249 g/mol. The number of rotatable bonds is 5. The van der Waals surface area contributed by atoms with E-state index in [-0.39, 0.29) is 30.7 Å². The number of carbonyl (C=O) groups is 2. The van der Waals surface area contributed by atoms with Gasteiger partial charge in [0.1, 0.15) is 12.3 Å². The van der Waals surface area contributed by atoms with Gasteiger partial charge in [0.15, 0.2) is 0 Å². The summed E-state index contributed by atoms with van der Waals surface area (Å²) < 4.78 is 0. The molecule has 0 radical (unpaired) electrons. The molecular weight excluding hydrogens is 234 g/mol. The second-order valence-corrected chi connectivity index (χ2v) is 4.49. The molecule has 1 aliphatic rings. The van der Waals surface area contributed by atoms with Crippen LogP contribution >= 0.6 is 0 Å². The van der Waals surface area contributed by atoms with Crippen molar-refractivity contribution in [2.45, 2.75) is 25.3 Å². The number of aromatic hydroxyl groups is 1. The van der Waals surface area contributed by atoms with Gasteiger partial charge in [0.2, 0.25) is 5.91 Å². The van der Waals surface area contributed by atoms with Gasteiger partial charge in [-0.2, -0.15) is 0 Å². The number of aliphatic carboxylic acids is 1. The third-order valence-corrected chi connectivity index (χ3v) is 2.88. The summed E-state index contributed by atoms with van der Waals surface area (Å²) >= 11 is 0. The number of phenolic OH excluding ortho intramolecular Hbond substituents is 1.